The van der Waals surface area contributed by atoms with Crippen molar-refractivity contribution in [2.24, 2.45) is 0 Å². The first-order valence-corrected chi connectivity index (χ1v) is 8.35. The molecule has 7 heteroatoms. The summed E-state index contributed by atoms with van der Waals surface area (Å²) >= 11 is 0. The van der Waals surface area contributed by atoms with Gasteiger partial charge in [0.05, 0.1) is 5.69 Å². The van der Waals surface area contributed by atoms with Crippen molar-refractivity contribution >= 4 is 11.6 Å². The lowest BCUT2D eigenvalue weighted by molar-refractivity contribution is -0.131. The van der Waals surface area contributed by atoms with Crippen LogP contribution >= 0.6 is 0 Å². The van der Waals surface area contributed by atoms with Crippen LogP contribution in [-0.4, -0.2) is 43.1 Å². The van der Waals surface area contributed by atoms with Gasteiger partial charge in [-0.3, -0.25) is 4.79 Å². The fraction of sp³-hybridized carbons (Fsp3) is 0.333. The fourth-order valence-corrected chi connectivity index (χ4v) is 2.87. The van der Waals surface area contributed by atoms with Crippen LogP contribution in [0, 0.1) is 6.92 Å². The molecule has 25 heavy (non-hydrogen) atoms. The van der Waals surface area contributed by atoms with Gasteiger partial charge in [0.25, 0.3) is 0 Å². The van der Waals surface area contributed by atoms with Crippen molar-refractivity contribution < 1.29 is 4.79 Å². The van der Waals surface area contributed by atoms with Gasteiger partial charge in [-0.05, 0) is 20.8 Å². The highest BCUT2D eigenvalue weighted by Gasteiger charge is 2.16. The fourth-order valence-electron chi connectivity index (χ4n) is 2.87. The van der Waals surface area contributed by atoms with Crippen molar-refractivity contribution in [2.45, 2.75) is 27.3 Å². The number of benzene rings is 1. The van der Waals surface area contributed by atoms with Crippen LogP contribution in [0.4, 0.5) is 0 Å². The van der Waals surface area contributed by atoms with Gasteiger partial charge < -0.3 is 4.90 Å². The number of likely N-dealkylation sites (N-methyl/N-ethyl adjacent to an activating group) is 1. The van der Waals surface area contributed by atoms with E-state index < -0.39 is 0 Å². The highest BCUT2D eigenvalue weighted by molar-refractivity contribution is 5.75. The number of aromatic nitrogens is 4. The smallest absolute Gasteiger partial charge is 0.342 e. The number of hydrogen-bond acceptors (Lipinski definition) is 4. The molecule has 7 nitrogen and oxygen atoms in total. The SMILES string of the molecule is CCN(CC)C(=O)Cn1nc2cc(-c3ccccc3)nc(C)n2c1=O. The average Bonchev–Trinajstić information content (AvgIpc) is 2.93. The number of rotatable bonds is 5. The Hall–Kier alpha value is -2.96. The zero-order chi connectivity index (χ0) is 18.0. The Morgan fingerprint density at radius 1 is 1.16 bits per heavy atom. The molecule has 0 aliphatic carbocycles. The number of fused-ring (bicyclic) bond motifs is 1. The monoisotopic (exact) mass is 339 g/mol. The summed E-state index contributed by atoms with van der Waals surface area (Å²) in [7, 11) is 0. The van der Waals surface area contributed by atoms with Crippen LogP contribution in [0.25, 0.3) is 16.9 Å². The molecule has 0 atom stereocenters. The molecule has 0 radical (unpaired) electrons. The summed E-state index contributed by atoms with van der Waals surface area (Å²) in [5.74, 6) is 0.423. The molecule has 0 saturated carbocycles. The topological polar surface area (TPSA) is 72.5 Å². The number of hydrogen-bond donors (Lipinski definition) is 0. The van der Waals surface area contributed by atoms with Crippen molar-refractivity contribution in [1.82, 2.24) is 24.1 Å². The molecule has 0 saturated heterocycles. The number of carbonyl (C=O) groups is 1. The van der Waals surface area contributed by atoms with Crippen molar-refractivity contribution in [3.63, 3.8) is 0 Å². The second-order valence-electron chi connectivity index (χ2n) is 5.75. The maximum Gasteiger partial charge on any atom is 0.352 e. The van der Waals surface area contributed by atoms with Gasteiger partial charge in [0.2, 0.25) is 5.91 Å². The second kappa shape index (κ2) is 6.88. The lowest BCUT2D eigenvalue weighted by Crippen LogP contribution is -2.36. The Bertz CT molecular complexity index is 955. The Morgan fingerprint density at radius 2 is 1.84 bits per heavy atom. The summed E-state index contributed by atoms with van der Waals surface area (Å²) in [6.45, 7) is 6.73. The van der Waals surface area contributed by atoms with Crippen LogP contribution in [0.3, 0.4) is 0 Å². The predicted molar refractivity (Wildman–Crippen MR) is 95.3 cm³/mol. The molecule has 3 rings (SSSR count). The van der Waals surface area contributed by atoms with Crippen molar-refractivity contribution in [1.29, 1.82) is 0 Å². The molecule has 1 aromatic carbocycles. The number of nitrogens with zero attached hydrogens (tertiary/aromatic N) is 5. The Balaban J connectivity index is 2.03. The third-order valence-corrected chi connectivity index (χ3v) is 4.21. The Labute approximate surface area is 145 Å². The van der Waals surface area contributed by atoms with E-state index in [-0.39, 0.29) is 18.1 Å². The van der Waals surface area contributed by atoms with Gasteiger partial charge in [0.1, 0.15) is 12.4 Å². The molecule has 2 aromatic heterocycles. The van der Waals surface area contributed by atoms with E-state index in [1.165, 1.54) is 9.08 Å². The van der Waals surface area contributed by atoms with E-state index in [0.29, 0.717) is 24.6 Å². The molecule has 2 heterocycles. The van der Waals surface area contributed by atoms with Gasteiger partial charge in [-0.25, -0.2) is 18.9 Å². The molecule has 3 aromatic rings. The van der Waals surface area contributed by atoms with E-state index >= 15 is 0 Å². The maximum absolute atomic E-state index is 12.6. The van der Waals surface area contributed by atoms with Gasteiger partial charge >= 0.3 is 5.69 Å². The van der Waals surface area contributed by atoms with E-state index in [9.17, 15) is 9.59 Å². The summed E-state index contributed by atoms with van der Waals surface area (Å²) in [6.07, 6.45) is 0. The standard InChI is InChI=1S/C18H21N5O2/c1-4-21(5-2)17(24)12-22-18(25)23-13(3)19-15(11-16(23)20-22)14-9-7-6-8-10-14/h6-11H,4-5,12H2,1-3H3. The Morgan fingerprint density at radius 3 is 2.48 bits per heavy atom. The van der Waals surface area contributed by atoms with Crippen LogP contribution in [0.2, 0.25) is 0 Å². The summed E-state index contributed by atoms with van der Waals surface area (Å²) in [5, 5.41) is 4.33. The van der Waals surface area contributed by atoms with Crippen LogP contribution in [0.5, 0.6) is 0 Å². The van der Waals surface area contributed by atoms with Gasteiger partial charge in [-0.15, -0.1) is 5.10 Å². The number of carbonyl (C=O) groups excluding carboxylic acids is 1. The van der Waals surface area contributed by atoms with Crippen LogP contribution in [0.15, 0.2) is 41.2 Å². The normalized spacial score (nSPS) is 11.0. The van der Waals surface area contributed by atoms with Crippen LogP contribution in [-0.2, 0) is 11.3 Å². The second-order valence-corrected chi connectivity index (χ2v) is 5.75. The zero-order valence-corrected chi connectivity index (χ0v) is 14.6. The summed E-state index contributed by atoms with van der Waals surface area (Å²) < 4.78 is 2.64. The van der Waals surface area contributed by atoms with E-state index in [2.05, 4.69) is 10.1 Å². The molecule has 0 bridgehead atoms. The van der Waals surface area contributed by atoms with E-state index in [0.717, 1.165) is 11.3 Å². The van der Waals surface area contributed by atoms with Crippen LogP contribution < -0.4 is 5.69 Å². The van der Waals surface area contributed by atoms with Gasteiger partial charge in [-0.1, -0.05) is 30.3 Å². The first-order valence-electron chi connectivity index (χ1n) is 8.35. The van der Waals surface area contributed by atoms with Gasteiger partial charge in [-0.2, -0.15) is 0 Å². The molecule has 1 amide bonds. The zero-order valence-electron chi connectivity index (χ0n) is 14.6. The largest absolute Gasteiger partial charge is 0.352 e. The molecular weight excluding hydrogens is 318 g/mol. The highest BCUT2D eigenvalue weighted by Crippen LogP contribution is 2.18. The summed E-state index contributed by atoms with van der Waals surface area (Å²) in [5.41, 5.74) is 1.84. The third kappa shape index (κ3) is 3.17. The first-order chi connectivity index (χ1) is 12.0. The van der Waals surface area contributed by atoms with E-state index in [1.807, 2.05) is 44.2 Å². The van der Waals surface area contributed by atoms with Crippen LogP contribution in [0.1, 0.15) is 19.7 Å². The summed E-state index contributed by atoms with van der Waals surface area (Å²) in [6, 6.07) is 11.5. The lowest BCUT2D eigenvalue weighted by atomic mass is 10.1. The molecule has 0 fully saturated rings. The molecule has 130 valence electrons. The lowest BCUT2D eigenvalue weighted by Gasteiger charge is -2.17. The van der Waals surface area contributed by atoms with Crippen molar-refractivity contribution in [2.75, 3.05) is 13.1 Å². The van der Waals surface area contributed by atoms with Gasteiger partial charge in [0, 0.05) is 24.7 Å². The highest BCUT2D eigenvalue weighted by atomic mass is 16.2. The maximum atomic E-state index is 12.6. The average molecular weight is 339 g/mol. The molecule has 0 unspecified atom stereocenters. The molecular formula is C18H21N5O2. The number of amides is 1. The van der Waals surface area contributed by atoms with Gasteiger partial charge in [0.15, 0.2) is 5.65 Å². The van der Waals surface area contributed by atoms with Crippen molar-refractivity contribution in [3.05, 3.63) is 52.7 Å². The molecule has 0 N–H and O–H groups in total. The third-order valence-electron chi connectivity index (χ3n) is 4.21. The summed E-state index contributed by atoms with van der Waals surface area (Å²) in [4.78, 5) is 31.0. The minimum Gasteiger partial charge on any atom is -0.342 e. The quantitative estimate of drug-likeness (QED) is 0.710. The molecule has 0 aliphatic heterocycles. The van der Waals surface area contributed by atoms with Crippen molar-refractivity contribution in [3.8, 4) is 11.3 Å². The minimum absolute atomic E-state index is 0.0672. The Kier molecular flexibility index (Phi) is 4.65. The number of aryl methyl sites for hydroxylation is 1. The molecule has 0 spiro atoms. The minimum atomic E-state index is -0.347. The molecule has 0 aliphatic rings. The van der Waals surface area contributed by atoms with E-state index in [1.54, 1.807) is 17.9 Å². The predicted octanol–water partition coefficient (Wildman–Crippen LogP) is 1.73. The first kappa shape index (κ1) is 16.9. The van der Waals surface area contributed by atoms with E-state index in [4.69, 9.17) is 0 Å².